The highest BCUT2D eigenvalue weighted by molar-refractivity contribution is 5.91. The van der Waals surface area contributed by atoms with Crippen LogP contribution >= 0.6 is 0 Å². The summed E-state index contributed by atoms with van der Waals surface area (Å²) < 4.78 is 0. The van der Waals surface area contributed by atoms with Crippen molar-refractivity contribution in [2.45, 2.75) is 20.8 Å². The Labute approximate surface area is 93.0 Å². The van der Waals surface area contributed by atoms with Crippen molar-refractivity contribution in [3.8, 4) is 11.3 Å². The molecule has 0 unspecified atom stereocenters. The van der Waals surface area contributed by atoms with E-state index in [1.807, 2.05) is 13.8 Å². The van der Waals surface area contributed by atoms with E-state index in [0.717, 1.165) is 22.8 Å². The predicted molar refractivity (Wildman–Crippen MR) is 59.1 cm³/mol. The molecule has 0 aliphatic heterocycles. The van der Waals surface area contributed by atoms with Crippen LogP contribution in [-0.4, -0.2) is 25.7 Å². The minimum Gasteiger partial charge on any atom is -0.335 e. The molecule has 0 radical (unpaired) electrons. The maximum atomic E-state index is 11.1. The number of aromatic nitrogens is 4. The topological polar surface area (TPSA) is 71.5 Å². The fourth-order valence-corrected chi connectivity index (χ4v) is 1.48. The van der Waals surface area contributed by atoms with Crippen LogP contribution in [0.3, 0.4) is 0 Å². The summed E-state index contributed by atoms with van der Waals surface area (Å²) in [6.45, 7) is 5.21. The third kappa shape index (κ3) is 1.84. The number of nitrogens with zero attached hydrogens (tertiary/aromatic N) is 3. The molecule has 82 valence electrons. The maximum absolute atomic E-state index is 11.1. The van der Waals surface area contributed by atoms with Crippen LogP contribution < -0.4 is 0 Å². The van der Waals surface area contributed by atoms with E-state index in [2.05, 4.69) is 19.9 Å². The average molecular weight is 216 g/mol. The van der Waals surface area contributed by atoms with Crippen LogP contribution in [-0.2, 0) is 0 Å². The first-order valence-electron chi connectivity index (χ1n) is 4.94. The Morgan fingerprint density at radius 2 is 2.00 bits per heavy atom. The van der Waals surface area contributed by atoms with Crippen LogP contribution in [0.5, 0.6) is 0 Å². The standard InChI is InChI=1S/C11H12N4O/c1-6-9(4-12-8(3)14-6)10-5-13-11(15-10)7(2)16/h4-5H,1-3H3,(H,13,15). The Morgan fingerprint density at radius 3 is 2.56 bits per heavy atom. The van der Waals surface area contributed by atoms with Gasteiger partial charge in [0.2, 0.25) is 0 Å². The molecule has 5 nitrogen and oxygen atoms in total. The fraction of sp³-hybridized carbons (Fsp3) is 0.273. The molecule has 0 aromatic carbocycles. The number of carbonyl (C=O) groups is 1. The largest absolute Gasteiger partial charge is 0.335 e. The van der Waals surface area contributed by atoms with Gasteiger partial charge in [0.05, 0.1) is 17.6 Å². The summed E-state index contributed by atoms with van der Waals surface area (Å²) in [4.78, 5) is 26.4. The molecule has 0 atom stereocenters. The quantitative estimate of drug-likeness (QED) is 0.775. The van der Waals surface area contributed by atoms with Crippen molar-refractivity contribution < 1.29 is 4.79 Å². The summed E-state index contributed by atoms with van der Waals surface area (Å²) >= 11 is 0. The minimum atomic E-state index is -0.0862. The van der Waals surface area contributed by atoms with Gasteiger partial charge in [0.15, 0.2) is 11.6 Å². The number of aryl methyl sites for hydroxylation is 2. The van der Waals surface area contributed by atoms with Gasteiger partial charge < -0.3 is 4.98 Å². The summed E-state index contributed by atoms with van der Waals surface area (Å²) in [6, 6.07) is 0. The van der Waals surface area contributed by atoms with Gasteiger partial charge in [0.1, 0.15) is 5.82 Å². The van der Waals surface area contributed by atoms with Crippen molar-refractivity contribution >= 4 is 5.78 Å². The van der Waals surface area contributed by atoms with E-state index in [1.54, 1.807) is 12.4 Å². The van der Waals surface area contributed by atoms with Crippen LogP contribution in [0.1, 0.15) is 29.1 Å². The molecule has 1 N–H and O–H groups in total. The van der Waals surface area contributed by atoms with Gasteiger partial charge in [0.25, 0.3) is 0 Å². The van der Waals surface area contributed by atoms with E-state index in [9.17, 15) is 4.79 Å². The molecule has 0 amide bonds. The number of hydrogen-bond donors (Lipinski definition) is 1. The highest BCUT2D eigenvalue weighted by Gasteiger charge is 2.09. The second kappa shape index (κ2) is 3.84. The molecule has 2 rings (SSSR count). The summed E-state index contributed by atoms with van der Waals surface area (Å²) in [5.74, 6) is 1.000. The lowest BCUT2D eigenvalue weighted by molar-refractivity contribution is 0.100. The predicted octanol–water partition coefficient (Wildman–Crippen LogP) is 1.69. The molecule has 0 aliphatic carbocycles. The van der Waals surface area contributed by atoms with Gasteiger partial charge in [-0.05, 0) is 13.8 Å². The van der Waals surface area contributed by atoms with Gasteiger partial charge in [0, 0.05) is 18.7 Å². The summed E-state index contributed by atoms with van der Waals surface area (Å²) in [5.41, 5.74) is 2.50. The Kier molecular flexibility index (Phi) is 2.52. The number of H-pyrrole nitrogens is 1. The van der Waals surface area contributed by atoms with Crippen molar-refractivity contribution in [2.75, 3.05) is 0 Å². The second-order valence-corrected chi connectivity index (χ2v) is 3.62. The first kappa shape index (κ1) is 10.5. The van der Waals surface area contributed by atoms with Crippen LogP contribution in [0.4, 0.5) is 0 Å². The summed E-state index contributed by atoms with van der Waals surface area (Å²) in [5, 5.41) is 0. The van der Waals surface area contributed by atoms with E-state index >= 15 is 0 Å². The van der Waals surface area contributed by atoms with Gasteiger partial charge >= 0.3 is 0 Å². The monoisotopic (exact) mass is 216 g/mol. The van der Waals surface area contributed by atoms with Crippen LogP contribution in [0.15, 0.2) is 12.4 Å². The van der Waals surface area contributed by atoms with Crippen LogP contribution in [0.25, 0.3) is 11.3 Å². The van der Waals surface area contributed by atoms with Crippen molar-refractivity contribution in [1.82, 2.24) is 19.9 Å². The first-order valence-corrected chi connectivity index (χ1v) is 4.94. The van der Waals surface area contributed by atoms with Crippen LogP contribution in [0, 0.1) is 13.8 Å². The Morgan fingerprint density at radius 1 is 1.25 bits per heavy atom. The number of hydrogen-bond acceptors (Lipinski definition) is 4. The normalized spacial score (nSPS) is 10.4. The van der Waals surface area contributed by atoms with Gasteiger partial charge in [-0.2, -0.15) is 0 Å². The van der Waals surface area contributed by atoms with Crippen molar-refractivity contribution in [2.24, 2.45) is 0 Å². The second-order valence-electron chi connectivity index (χ2n) is 3.62. The zero-order chi connectivity index (χ0) is 11.7. The average Bonchev–Trinajstić information content (AvgIpc) is 2.66. The number of imidazole rings is 1. The molecule has 0 saturated heterocycles. The number of carbonyl (C=O) groups excluding carboxylic acids is 1. The molecular weight excluding hydrogens is 204 g/mol. The first-order chi connectivity index (χ1) is 7.58. The van der Waals surface area contributed by atoms with E-state index in [-0.39, 0.29) is 5.78 Å². The summed E-state index contributed by atoms with van der Waals surface area (Å²) in [6.07, 6.45) is 3.35. The van der Waals surface area contributed by atoms with Gasteiger partial charge in [-0.3, -0.25) is 4.79 Å². The Bertz CT molecular complexity index is 545. The molecule has 0 aliphatic rings. The lowest BCUT2D eigenvalue weighted by atomic mass is 10.2. The third-order valence-corrected chi connectivity index (χ3v) is 2.30. The van der Waals surface area contributed by atoms with Crippen molar-refractivity contribution in [1.29, 1.82) is 0 Å². The number of ketones is 1. The lowest BCUT2D eigenvalue weighted by Gasteiger charge is -2.01. The van der Waals surface area contributed by atoms with Gasteiger partial charge in [-0.15, -0.1) is 0 Å². The molecular formula is C11H12N4O. The molecule has 0 bridgehead atoms. The number of rotatable bonds is 2. The zero-order valence-corrected chi connectivity index (χ0v) is 9.40. The van der Waals surface area contributed by atoms with Crippen molar-refractivity contribution in [3.05, 3.63) is 29.7 Å². The van der Waals surface area contributed by atoms with Crippen LogP contribution in [0.2, 0.25) is 0 Å². The number of aromatic amines is 1. The van der Waals surface area contributed by atoms with Crippen molar-refractivity contribution in [3.63, 3.8) is 0 Å². The molecule has 2 aromatic rings. The highest BCUT2D eigenvalue weighted by Crippen LogP contribution is 2.19. The lowest BCUT2D eigenvalue weighted by Crippen LogP contribution is -1.96. The van der Waals surface area contributed by atoms with E-state index < -0.39 is 0 Å². The molecule has 5 heteroatoms. The molecule has 0 spiro atoms. The molecule has 0 saturated carbocycles. The van der Waals surface area contributed by atoms with E-state index in [4.69, 9.17) is 0 Å². The molecule has 2 aromatic heterocycles. The molecule has 2 heterocycles. The fourth-order valence-electron chi connectivity index (χ4n) is 1.48. The molecule has 0 fully saturated rings. The van der Waals surface area contributed by atoms with Gasteiger partial charge in [-0.1, -0.05) is 0 Å². The van der Waals surface area contributed by atoms with E-state index in [1.165, 1.54) is 6.92 Å². The highest BCUT2D eigenvalue weighted by atomic mass is 16.1. The Hall–Kier alpha value is -2.04. The third-order valence-electron chi connectivity index (χ3n) is 2.30. The van der Waals surface area contributed by atoms with Gasteiger partial charge in [-0.25, -0.2) is 15.0 Å². The SMILES string of the molecule is CC(=O)c1ncc(-c2cnc(C)nc2C)[nH]1. The Balaban J connectivity index is 2.46. The zero-order valence-electron chi connectivity index (χ0n) is 9.40. The minimum absolute atomic E-state index is 0.0862. The smallest absolute Gasteiger partial charge is 0.194 e. The number of nitrogens with one attached hydrogen (secondary N) is 1. The van der Waals surface area contributed by atoms with E-state index in [0.29, 0.717) is 5.82 Å². The molecule has 16 heavy (non-hydrogen) atoms. The maximum Gasteiger partial charge on any atom is 0.194 e. The summed E-state index contributed by atoms with van der Waals surface area (Å²) in [7, 11) is 0. The number of Topliss-reactive ketones (excluding diaryl/α,β-unsaturated/α-hetero) is 1.